The zero-order chi connectivity index (χ0) is 24.4. The molecule has 3 unspecified atom stereocenters. The van der Waals surface area contributed by atoms with Crippen LogP contribution in [0.2, 0.25) is 0 Å². The van der Waals surface area contributed by atoms with Crippen molar-refractivity contribution in [2.24, 2.45) is 17.2 Å². The van der Waals surface area contributed by atoms with E-state index in [-0.39, 0.29) is 5.91 Å². The van der Waals surface area contributed by atoms with Crippen LogP contribution in [0.3, 0.4) is 0 Å². The number of carbonyl (C=O) groups excluding carboxylic acids is 4. The molecule has 0 radical (unpaired) electrons. The van der Waals surface area contributed by atoms with Crippen LogP contribution in [0.4, 0.5) is 0 Å². The van der Waals surface area contributed by atoms with Crippen molar-refractivity contribution in [3.8, 4) is 0 Å². The summed E-state index contributed by atoms with van der Waals surface area (Å²) in [7, 11) is 1.25. The lowest BCUT2D eigenvalue weighted by molar-refractivity contribution is -0.145. The van der Waals surface area contributed by atoms with Crippen LogP contribution in [0.5, 0.6) is 0 Å². The Kier molecular flexibility index (Phi) is 17.1. The summed E-state index contributed by atoms with van der Waals surface area (Å²) in [6.07, 6.45) is 5.16. The van der Waals surface area contributed by atoms with Gasteiger partial charge in [0.05, 0.1) is 7.11 Å². The fourth-order valence-electron chi connectivity index (χ4n) is 3.20. The van der Waals surface area contributed by atoms with Crippen molar-refractivity contribution < 1.29 is 23.9 Å². The second kappa shape index (κ2) is 18.3. The molecule has 0 bridgehead atoms. The molecule has 0 aromatic carbocycles. The quantitative estimate of drug-likeness (QED) is 0.111. The maximum Gasteiger partial charge on any atom is 0.328 e. The van der Waals surface area contributed by atoms with Crippen molar-refractivity contribution in [2.75, 3.05) is 26.7 Å². The maximum atomic E-state index is 12.9. The number of carbonyl (C=O) groups is 4. The van der Waals surface area contributed by atoms with Crippen LogP contribution < -0.4 is 33.2 Å². The number of rotatable bonds is 18. The van der Waals surface area contributed by atoms with Gasteiger partial charge in [0, 0.05) is 6.92 Å². The van der Waals surface area contributed by atoms with E-state index >= 15 is 0 Å². The number of hydrogen-bond acceptors (Lipinski definition) is 8. The third kappa shape index (κ3) is 13.2. The highest BCUT2D eigenvalue weighted by molar-refractivity contribution is 5.93. The van der Waals surface area contributed by atoms with Crippen molar-refractivity contribution in [3.63, 3.8) is 0 Å². The van der Waals surface area contributed by atoms with Crippen LogP contribution in [0.25, 0.3) is 0 Å². The van der Waals surface area contributed by atoms with E-state index in [1.807, 2.05) is 0 Å². The SMILES string of the molecule is COC(=O)C(CCCCN)NC(=O)C(CCCCN)NC(=O)C(CCCCN)NC(C)=O. The third-order valence-electron chi connectivity index (χ3n) is 4.97. The summed E-state index contributed by atoms with van der Waals surface area (Å²) in [5, 5.41) is 8.04. The number of unbranched alkanes of at least 4 members (excludes halogenated alkanes) is 3. The third-order valence-corrected chi connectivity index (χ3v) is 4.97. The Hall–Kier alpha value is -2.24. The molecule has 3 amide bonds. The zero-order valence-electron chi connectivity index (χ0n) is 19.5. The standard InChI is InChI=1S/C21H42N6O5/c1-15(28)25-16(9-3-6-12-22)19(29)26-17(10-4-7-13-23)20(30)27-18(21(31)32-2)11-5-8-14-24/h16-18H,3-14,22-24H2,1-2H3,(H,25,28)(H,26,29)(H,27,30). The summed E-state index contributed by atoms with van der Waals surface area (Å²) in [4.78, 5) is 49.4. The van der Waals surface area contributed by atoms with Gasteiger partial charge >= 0.3 is 5.97 Å². The Morgan fingerprint density at radius 3 is 1.41 bits per heavy atom. The Balaban J connectivity index is 5.30. The summed E-state index contributed by atoms with van der Waals surface area (Å²) in [6.45, 7) is 2.75. The molecule has 0 aromatic rings. The molecule has 0 aliphatic rings. The predicted molar refractivity (Wildman–Crippen MR) is 122 cm³/mol. The summed E-state index contributed by atoms with van der Waals surface area (Å²) in [5.41, 5.74) is 16.6. The van der Waals surface area contributed by atoms with Gasteiger partial charge in [-0.1, -0.05) is 0 Å². The van der Waals surface area contributed by atoms with Crippen LogP contribution in [-0.2, 0) is 23.9 Å². The van der Waals surface area contributed by atoms with Gasteiger partial charge in [-0.05, 0) is 77.4 Å². The monoisotopic (exact) mass is 458 g/mol. The van der Waals surface area contributed by atoms with Crippen molar-refractivity contribution in [3.05, 3.63) is 0 Å². The fourth-order valence-corrected chi connectivity index (χ4v) is 3.20. The van der Waals surface area contributed by atoms with Crippen LogP contribution in [0.1, 0.15) is 64.7 Å². The lowest BCUT2D eigenvalue weighted by Crippen LogP contribution is -2.55. The van der Waals surface area contributed by atoms with Crippen LogP contribution in [0.15, 0.2) is 0 Å². The first-order valence-corrected chi connectivity index (χ1v) is 11.4. The summed E-state index contributed by atoms with van der Waals surface area (Å²) in [5.74, 6) is -1.84. The summed E-state index contributed by atoms with van der Waals surface area (Å²) < 4.78 is 4.79. The Bertz CT molecular complexity index is 575. The van der Waals surface area contributed by atoms with Gasteiger partial charge in [-0.25, -0.2) is 4.79 Å². The highest BCUT2D eigenvalue weighted by Crippen LogP contribution is 2.08. The predicted octanol–water partition coefficient (Wildman–Crippen LogP) is -0.979. The van der Waals surface area contributed by atoms with Gasteiger partial charge in [-0.15, -0.1) is 0 Å². The molecule has 0 saturated carbocycles. The van der Waals surface area contributed by atoms with Crippen LogP contribution in [-0.4, -0.2) is 68.6 Å². The molecule has 0 aliphatic heterocycles. The van der Waals surface area contributed by atoms with Gasteiger partial charge in [0.1, 0.15) is 18.1 Å². The lowest BCUT2D eigenvalue weighted by atomic mass is 10.0. The maximum absolute atomic E-state index is 12.9. The summed E-state index contributed by atoms with van der Waals surface area (Å²) in [6, 6.07) is -2.48. The molecule has 11 heteroatoms. The second-order valence-electron chi connectivity index (χ2n) is 7.75. The average molecular weight is 459 g/mol. The lowest BCUT2D eigenvalue weighted by Gasteiger charge is -2.25. The van der Waals surface area contributed by atoms with Crippen molar-refractivity contribution in [1.82, 2.24) is 16.0 Å². The minimum atomic E-state index is -0.874. The van der Waals surface area contributed by atoms with Crippen LogP contribution in [0, 0.1) is 0 Å². The number of amides is 3. The Morgan fingerprint density at radius 1 is 0.656 bits per heavy atom. The number of hydrogen-bond donors (Lipinski definition) is 6. The normalized spacial score (nSPS) is 13.5. The van der Waals surface area contributed by atoms with Crippen molar-refractivity contribution >= 4 is 23.7 Å². The Morgan fingerprint density at radius 2 is 1.03 bits per heavy atom. The molecular weight excluding hydrogens is 416 g/mol. The van der Waals surface area contributed by atoms with Gasteiger partial charge in [0.15, 0.2) is 0 Å². The molecule has 11 nitrogen and oxygen atoms in total. The van der Waals surface area contributed by atoms with E-state index in [9.17, 15) is 19.2 Å². The minimum Gasteiger partial charge on any atom is -0.467 e. The van der Waals surface area contributed by atoms with E-state index in [1.165, 1.54) is 14.0 Å². The number of methoxy groups -OCH3 is 1. The van der Waals surface area contributed by atoms with E-state index in [1.54, 1.807) is 0 Å². The average Bonchev–Trinajstić information content (AvgIpc) is 2.76. The molecule has 3 atom stereocenters. The Labute approximate surface area is 190 Å². The zero-order valence-corrected chi connectivity index (χ0v) is 19.5. The molecule has 32 heavy (non-hydrogen) atoms. The van der Waals surface area contributed by atoms with E-state index < -0.39 is 35.9 Å². The molecule has 0 aromatic heterocycles. The molecule has 0 aliphatic carbocycles. The number of esters is 1. The number of nitrogens with two attached hydrogens (primary N) is 3. The first-order chi connectivity index (χ1) is 15.3. The van der Waals surface area contributed by atoms with Gasteiger partial charge in [0.25, 0.3) is 0 Å². The second-order valence-corrected chi connectivity index (χ2v) is 7.75. The number of nitrogens with one attached hydrogen (secondary N) is 3. The van der Waals surface area contributed by atoms with E-state index in [0.717, 1.165) is 0 Å². The first kappa shape index (κ1) is 29.8. The highest BCUT2D eigenvalue weighted by atomic mass is 16.5. The van der Waals surface area contributed by atoms with Gasteiger partial charge < -0.3 is 37.9 Å². The largest absolute Gasteiger partial charge is 0.467 e. The van der Waals surface area contributed by atoms with Crippen molar-refractivity contribution in [2.45, 2.75) is 82.8 Å². The van der Waals surface area contributed by atoms with E-state index in [2.05, 4.69) is 16.0 Å². The minimum absolute atomic E-state index is 0.340. The van der Waals surface area contributed by atoms with E-state index in [0.29, 0.717) is 77.4 Å². The molecule has 9 N–H and O–H groups in total. The molecule has 0 rings (SSSR count). The molecule has 0 spiro atoms. The first-order valence-electron chi connectivity index (χ1n) is 11.4. The summed E-state index contributed by atoms with van der Waals surface area (Å²) >= 11 is 0. The topological polar surface area (TPSA) is 192 Å². The molecule has 0 heterocycles. The molecular formula is C21H42N6O5. The fraction of sp³-hybridized carbons (Fsp3) is 0.810. The molecule has 0 fully saturated rings. The van der Waals surface area contributed by atoms with Gasteiger partial charge in [0.2, 0.25) is 17.7 Å². The van der Waals surface area contributed by atoms with Crippen molar-refractivity contribution in [1.29, 1.82) is 0 Å². The molecule has 186 valence electrons. The highest BCUT2D eigenvalue weighted by Gasteiger charge is 2.29. The van der Waals surface area contributed by atoms with Gasteiger partial charge in [-0.3, -0.25) is 14.4 Å². The molecule has 0 saturated heterocycles. The van der Waals surface area contributed by atoms with Gasteiger partial charge in [-0.2, -0.15) is 0 Å². The number of ether oxygens (including phenoxy) is 1. The van der Waals surface area contributed by atoms with Crippen LogP contribution >= 0.6 is 0 Å². The smallest absolute Gasteiger partial charge is 0.328 e. The van der Waals surface area contributed by atoms with E-state index in [4.69, 9.17) is 21.9 Å².